The Morgan fingerprint density at radius 1 is 1.03 bits per heavy atom. The van der Waals surface area contributed by atoms with Gasteiger partial charge < -0.3 is 20.5 Å². The number of hydrogen-bond acceptors (Lipinski definition) is 4. The van der Waals surface area contributed by atoms with Crippen LogP contribution in [0.4, 0.5) is 5.69 Å². The molecule has 7 heteroatoms. The fraction of sp³-hybridized carbons (Fsp3) is 0.318. The van der Waals surface area contributed by atoms with Crippen molar-refractivity contribution in [2.75, 3.05) is 5.32 Å². The zero-order valence-corrected chi connectivity index (χ0v) is 15.8. The molecule has 0 saturated heterocycles. The molecule has 29 heavy (non-hydrogen) atoms. The van der Waals surface area contributed by atoms with E-state index in [2.05, 4.69) is 10.6 Å². The molecule has 4 rings (SSSR count). The van der Waals surface area contributed by atoms with Gasteiger partial charge in [-0.15, -0.1) is 0 Å². The molecular formula is C22H22N2O5. The van der Waals surface area contributed by atoms with Crippen molar-refractivity contribution in [1.82, 2.24) is 5.32 Å². The molecule has 2 aliphatic rings. The van der Waals surface area contributed by atoms with E-state index < -0.39 is 18.0 Å². The number of para-hydroxylation sites is 1. The van der Waals surface area contributed by atoms with Crippen molar-refractivity contribution in [1.29, 1.82) is 0 Å². The van der Waals surface area contributed by atoms with E-state index in [1.54, 1.807) is 24.3 Å². The zero-order chi connectivity index (χ0) is 20.4. The van der Waals surface area contributed by atoms with Gasteiger partial charge in [0.2, 0.25) is 0 Å². The maximum Gasteiger partial charge on any atom is 0.306 e. The number of fused-ring (bicyclic) bond motifs is 1. The van der Waals surface area contributed by atoms with Crippen LogP contribution < -0.4 is 15.4 Å². The summed E-state index contributed by atoms with van der Waals surface area (Å²) in [5, 5.41) is 14.8. The first-order chi connectivity index (χ1) is 14.0. The van der Waals surface area contributed by atoms with Crippen LogP contribution in [0.15, 0.2) is 48.5 Å². The molecule has 0 bridgehead atoms. The summed E-state index contributed by atoms with van der Waals surface area (Å²) in [6.07, 6.45) is 1.57. The summed E-state index contributed by atoms with van der Waals surface area (Å²) in [4.78, 5) is 36.1. The summed E-state index contributed by atoms with van der Waals surface area (Å²) in [6.45, 7) is 0. The molecule has 150 valence electrons. The average molecular weight is 394 g/mol. The zero-order valence-electron chi connectivity index (χ0n) is 15.8. The first-order valence-corrected chi connectivity index (χ1v) is 9.69. The van der Waals surface area contributed by atoms with Crippen LogP contribution in [0.5, 0.6) is 5.75 Å². The van der Waals surface area contributed by atoms with E-state index in [4.69, 9.17) is 9.84 Å². The number of aliphatic carboxylic acids is 1. The minimum absolute atomic E-state index is 0.146. The van der Waals surface area contributed by atoms with Crippen LogP contribution in [-0.2, 0) is 16.0 Å². The summed E-state index contributed by atoms with van der Waals surface area (Å²) in [7, 11) is 0. The van der Waals surface area contributed by atoms with Gasteiger partial charge in [0.1, 0.15) is 5.75 Å². The molecule has 1 unspecified atom stereocenters. The molecule has 2 amide bonds. The lowest BCUT2D eigenvalue weighted by atomic mass is 10.1. The Bertz CT molecular complexity index is 933. The Morgan fingerprint density at radius 3 is 2.62 bits per heavy atom. The molecule has 2 aromatic rings. The second kappa shape index (κ2) is 7.95. The third kappa shape index (κ3) is 4.23. The van der Waals surface area contributed by atoms with E-state index in [1.807, 2.05) is 24.3 Å². The summed E-state index contributed by atoms with van der Waals surface area (Å²) in [5.41, 5.74) is 1.92. The molecule has 2 aromatic carbocycles. The van der Waals surface area contributed by atoms with E-state index in [1.165, 1.54) is 0 Å². The number of amides is 2. The van der Waals surface area contributed by atoms with E-state index in [0.29, 0.717) is 36.9 Å². The lowest BCUT2D eigenvalue weighted by Crippen LogP contribution is -2.33. The lowest BCUT2D eigenvalue weighted by molar-refractivity contribution is -0.141. The van der Waals surface area contributed by atoms with Gasteiger partial charge in [0, 0.05) is 23.7 Å². The van der Waals surface area contributed by atoms with Crippen LogP contribution in [0.2, 0.25) is 0 Å². The normalized spacial score (nSPS) is 22.4. The molecule has 1 heterocycles. The van der Waals surface area contributed by atoms with E-state index in [-0.39, 0.29) is 17.9 Å². The van der Waals surface area contributed by atoms with Gasteiger partial charge in [-0.1, -0.05) is 24.3 Å². The van der Waals surface area contributed by atoms with Gasteiger partial charge in [0.05, 0.1) is 5.92 Å². The number of ether oxygens (including phenoxy) is 1. The topological polar surface area (TPSA) is 105 Å². The van der Waals surface area contributed by atoms with Gasteiger partial charge in [-0.3, -0.25) is 14.4 Å². The summed E-state index contributed by atoms with van der Waals surface area (Å²) < 4.78 is 5.70. The smallest absolute Gasteiger partial charge is 0.306 e. The molecule has 0 radical (unpaired) electrons. The quantitative estimate of drug-likeness (QED) is 0.723. The van der Waals surface area contributed by atoms with Crippen LogP contribution in [-0.4, -0.2) is 35.0 Å². The number of carboxylic acid groups (broad SMARTS) is 1. The molecule has 1 saturated carbocycles. The summed E-state index contributed by atoms with van der Waals surface area (Å²) >= 11 is 0. The van der Waals surface area contributed by atoms with Crippen LogP contribution in [0.25, 0.3) is 0 Å². The number of rotatable bonds is 5. The molecule has 0 spiro atoms. The van der Waals surface area contributed by atoms with Crippen LogP contribution >= 0.6 is 0 Å². The highest BCUT2D eigenvalue weighted by Gasteiger charge is 2.31. The molecule has 1 aliphatic carbocycles. The monoisotopic (exact) mass is 394 g/mol. The molecule has 7 nitrogen and oxygen atoms in total. The van der Waals surface area contributed by atoms with Gasteiger partial charge in [-0.25, -0.2) is 0 Å². The number of nitrogens with one attached hydrogen (secondary N) is 2. The number of carbonyl (C=O) groups is 3. The largest absolute Gasteiger partial charge is 0.481 e. The number of carbonyl (C=O) groups excluding carboxylic acids is 2. The van der Waals surface area contributed by atoms with Gasteiger partial charge in [-0.05, 0) is 49.1 Å². The van der Waals surface area contributed by atoms with Crippen LogP contribution in [0, 0.1) is 5.92 Å². The Morgan fingerprint density at radius 2 is 1.86 bits per heavy atom. The van der Waals surface area contributed by atoms with E-state index in [9.17, 15) is 14.4 Å². The molecule has 1 fully saturated rings. The highest BCUT2D eigenvalue weighted by atomic mass is 16.5. The first kappa shape index (κ1) is 19.0. The second-order valence-electron chi connectivity index (χ2n) is 7.51. The van der Waals surface area contributed by atoms with Crippen LogP contribution in [0.3, 0.4) is 0 Å². The van der Waals surface area contributed by atoms with Crippen molar-refractivity contribution in [2.45, 2.75) is 37.8 Å². The molecule has 3 N–H and O–H groups in total. The summed E-state index contributed by atoms with van der Waals surface area (Å²) in [5.74, 6) is -1.04. The number of benzene rings is 2. The Hall–Kier alpha value is -3.35. The molecular weight excluding hydrogens is 372 g/mol. The highest BCUT2D eigenvalue weighted by Crippen LogP contribution is 2.29. The van der Waals surface area contributed by atoms with E-state index in [0.717, 1.165) is 11.3 Å². The van der Waals surface area contributed by atoms with Gasteiger partial charge in [0.15, 0.2) is 6.10 Å². The fourth-order valence-corrected chi connectivity index (χ4v) is 3.89. The Balaban J connectivity index is 1.36. The second-order valence-corrected chi connectivity index (χ2v) is 7.51. The van der Waals surface area contributed by atoms with E-state index >= 15 is 0 Å². The third-order valence-electron chi connectivity index (χ3n) is 5.45. The Kier molecular flexibility index (Phi) is 5.20. The summed E-state index contributed by atoms with van der Waals surface area (Å²) in [6, 6.07) is 14.1. The minimum Gasteiger partial charge on any atom is -0.481 e. The average Bonchev–Trinajstić information content (AvgIpc) is 3.35. The van der Waals surface area contributed by atoms with Crippen molar-refractivity contribution in [3.8, 4) is 5.75 Å². The Labute approximate surface area is 168 Å². The lowest BCUT2D eigenvalue weighted by Gasteiger charge is -2.14. The predicted octanol–water partition coefficient (Wildman–Crippen LogP) is 2.61. The van der Waals surface area contributed by atoms with Gasteiger partial charge in [-0.2, -0.15) is 0 Å². The minimum atomic E-state index is -0.817. The number of hydrogen-bond donors (Lipinski definition) is 3. The molecule has 1 aliphatic heterocycles. The van der Waals surface area contributed by atoms with Crippen molar-refractivity contribution in [2.24, 2.45) is 5.92 Å². The van der Waals surface area contributed by atoms with Gasteiger partial charge in [0.25, 0.3) is 11.8 Å². The van der Waals surface area contributed by atoms with Crippen molar-refractivity contribution >= 4 is 23.5 Å². The molecule has 3 atom stereocenters. The SMILES string of the molecule is O=C(N[C@H]1CC[C@@H](C(=O)O)C1)c1cccc(NC(=O)C2Cc3ccccc3O2)c1. The number of carboxylic acids is 1. The third-order valence-corrected chi connectivity index (χ3v) is 5.45. The fourth-order valence-electron chi connectivity index (χ4n) is 3.89. The maximum absolute atomic E-state index is 12.6. The number of anilines is 1. The highest BCUT2D eigenvalue weighted by molar-refractivity contribution is 5.98. The van der Waals surface area contributed by atoms with Crippen molar-refractivity contribution < 1.29 is 24.2 Å². The maximum atomic E-state index is 12.6. The molecule has 0 aromatic heterocycles. The predicted molar refractivity (Wildman–Crippen MR) is 106 cm³/mol. The van der Waals surface area contributed by atoms with Crippen LogP contribution in [0.1, 0.15) is 35.2 Å². The van der Waals surface area contributed by atoms with Crippen molar-refractivity contribution in [3.63, 3.8) is 0 Å². The first-order valence-electron chi connectivity index (χ1n) is 9.69. The van der Waals surface area contributed by atoms with Gasteiger partial charge >= 0.3 is 5.97 Å². The van der Waals surface area contributed by atoms with Crippen molar-refractivity contribution in [3.05, 3.63) is 59.7 Å². The standard InChI is InChI=1S/C22H22N2O5/c25-20(23-17-9-8-15(11-17)22(27)28)14-5-3-6-16(10-14)24-21(26)19-12-13-4-1-2-7-18(13)29-19/h1-7,10,15,17,19H,8-9,11-12H2,(H,23,25)(H,24,26)(H,27,28)/t15-,17+,19?/m1/s1.